The van der Waals surface area contributed by atoms with Gasteiger partial charge >= 0.3 is 5.97 Å². The number of nitrogens with zero attached hydrogens (tertiary/aromatic N) is 1. The van der Waals surface area contributed by atoms with Crippen molar-refractivity contribution in [2.75, 3.05) is 0 Å². The first-order valence-electron chi connectivity index (χ1n) is 3.49. The first-order chi connectivity index (χ1) is 6.20. The summed E-state index contributed by atoms with van der Waals surface area (Å²) in [5, 5.41) is 13.5. The van der Waals surface area contributed by atoms with Gasteiger partial charge in [-0.1, -0.05) is 0 Å². The number of aromatic carboxylic acids is 1. The molecular weight excluding hydrogens is 174 g/mol. The van der Waals surface area contributed by atoms with Gasteiger partial charge in [-0.3, -0.25) is 15.0 Å². The van der Waals surface area contributed by atoms with Crippen molar-refractivity contribution in [3.05, 3.63) is 28.2 Å². The maximum absolute atomic E-state index is 11.1. The van der Waals surface area contributed by atoms with Crippen LogP contribution in [0.15, 0.2) is 17.1 Å². The van der Waals surface area contributed by atoms with Crippen molar-refractivity contribution in [2.45, 2.75) is 0 Å². The van der Waals surface area contributed by atoms with Crippen molar-refractivity contribution in [2.24, 2.45) is 0 Å². The fourth-order valence-corrected chi connectivity index (χ4v) is 1.14. The molecule has 6 heteroatoms. The summed E-state index contributed by atoms with van der Waals surface area (Å²) in [4.78, 5) is 25.6. The van der Waals surface area contributed by atoms with Crippen molar-refractivity contribution < 1.29 is 9.90 Å². The van der Waals surface area contributed by atoms with E-state index in [9.17, 15) is 9.59 Å². The molecule has 0 spiro atoms. The summed E-state index contributed by atoms with van der Waals surface area (Å²) < 4.78 is 0. The highest BCUT2D eigenvalue weighted by Crippen LogP contribution is 2.08. The molecule has 2 aromatic rings. The summed E-state index contributed by atoms with van der Waals surface area (Å²) in [6.45, 7) is 0. The number of hydrogen-bond acceptors (Lipinski definition) is 3. The predicted octanol–water partition coefficient (Wildman–Crippen LogP) is -0.0506. The Morgan fingerprint density at radius 1 is 1.46 bits per heavy atom. The highest BCUT2D eigenvalue weighted by atomic mass is 16.4. The summed E-state index contributed by atoms with van der Waals surface area (Å²) in [6.07, 6.45) is 1.33. The first kappa shape index (κ1) is 7.53. The molecule has 13 heavy (non-hydrogen) atoms. The molecule has 0 amide bonds. The molecule has 0 fully saturated rings. The smallest absolute Gasteiger partial charge is 0.336 e. The van der Waals surface area contributed by atoms with Crippen molar-refractivity contribution in [1.29, 1.82) is 0 Å². The largest absolute Gasteiger partial charge is 0.478 e. The van der Waals surface area contributed by atoms with Crippen LogP contribution in [-0.2, 0) is 0 Å². The minimum atomic E-state index is -1.14. The van der Waals surface area contributed by atoms with Gasteiger partial charge in [-0.15, -0.1) is 0 Å². The minimum Gasteiger partial charge on any atom is -0.478 e. The van der Waals surface area contributed by atoms with Crippen LogP contribution in [0.4, 0.5) is 0 Å². The average molecular weight is 179 g/mol. The number of fused-ring (bicyclic) bond motifs is 1. The van der Waals surface area contributed by atoms with Gasteiger partial charge < -0.3 is 5.11 Å². The maximum atomic E-state index is 11.1. The van der Waals surface area contributed by atoms with Gasteiger partial charge in [0.15, 0.2) is 5.65 Å². The Morgan fingerprint density at radius 2 is 2.23 bits per heavy atom. The molecule has 66 valence electrons. The fourth-order valence-electron chi connectivity index (χ4n) is 1.14. The number of H-pyrrole nitrogens is 2. The molecule has 3 N–H and O–H groups in total. The molecule has 0 radical (unpaired) electrons. The van der Waals surface area contributed by atoms with E-state index < -0.39 is 11.5 Å². The van der Waals surface area contributed by atoms with E-state index in [1.807, 2.05) is 0 Å². The highest BCUT2D eigenvalue weighted by molar-refractivity contribution is 6.00. The number of aromatic amines is 2. The molecular formula is C7H5N3O3. The Balaban J connectivity index is 2.96. The molecule has 0 aliphatic carbocycles. The van der Waals surface area contributed by atoms with Gasteiger partial charge in [0.1, 0.15) is 0 Å². The number of pyridine rings is 1. The molecule has 2 aromatic heterocycles. The van der Waals surface area contributed by atoms with E-state index in [0.29, 0.717) is 0 Å². The van der Waals surface area contributed by atoms with Crippen LogP contribution in [0.1, 0.15) is 10.4 Å². The van der Waals surface area contributed by atoms with E-state index in [1.54, 1.807) is 0 Å². The van der Waals surface area contributed by atoms with E-state index >= 15 is 0 Å². The fraction of sp³-hybridized carbons (Fsp3) is 0. The third-order valence-electron chi connectivity index (χ3n) is 1.70. The van der Waals surface area contributed by atoms with Crippen LogP contribution >= 0.6 is 0 Å². The Hall–Kier alpha value is -2.11. The molecule has 0 aromatic carbocycles. The van der Waals surface area contributed by atoms with Crippen LogP contribution in [-0.4, -0.2) is 26.3 Å². The lowest BCUT2D eigenvalue weighted by Crippen LogP contribution is -2.05. The highest BCUT2D eigenvalue weighted by Gasteiger charge is 2.12. The third kappa shape index (κ3) is 0.994. The zero-order valence-electron chi connectivity index (χ0n) is 6.37. The number of carbonyl (C=O) groups is 1. The second-order valence-electron chi connectivity index (χ2n) is 2.47. The molecule has 0 unspecified atom stereocenters. The van der Waals surface area contributed by atoms with Crippen LogP contribution in [0.25, 0.3) is 11.0 Å². The van der Waals surface area contributed by atoms with Crippen LogP contribution in [0, 0.1) is 0 Å². The van der Waals surface area contributed by atoms with Gasteiger partial charge in [-0.2, -0.15) is 0 Å². The number of carboxylic acid groups (broad SMARTS) is 1. The molecule has 6 nitrogen and oxygen atoms in total. The molecule has 0 bridgehead atoms. The average Bonchev–Trinajstić information content (AvgIpc) is 2.48. The second kappa shape index (κ2) is 2.44. The van der Waals surface area contributed by atoms with E-state index in [0.717, 1.165) is 0 Å². The summed E-state index contributed by atoms with van der Waals surface area (Å²) >= 11 is 0. The molecule has 2 rings (SSSR count). The molecule has 0 atom stereocenters. The van der Waals surface area contributed by atoms with Crippen molar-refractivity contribution in [1.82, 2.24) is 15.2 Å². The van der Waals surface area contributed by atoms with Gasteiger partial charge in [0.25, 0.3) is 5.56 Å². The Labute approximate surface area is 71.2 Å². The van der Waals surface area contributed by atoms with Crippen molar-refractivity contribution >= 4 is 17.0 Å². The van der Waals surface area contributed by atoms with Gasteiger partial charge in [0.05, 0.1) is 10.9 Å². The van der Waals surface area contributed by atoms with E-state index in [1.165, 1.54) is 12.3 Å². The van der Waals surface area contributed by atoms with Gasteiger partial charge in [0, 0.05) is 6.20 Å². The summed E-state index contributed by atoms with van der Waals surface area (Å²) in [5.41, 5.74) is -0.266. The predicted molar refractivity (Wildman–Crippen MR) is 43.7 cm³/mol. The Kier molecular flexibility index (Phi) is 1.42. The summed E-state index contributed by atoms with van der Waals surface area (Å²) in [7, 11) is 0. The van der Waals surface area contributed by atoms with E-state index in [2.05, 4.69) is 15.2 Å². The minimum absolute atomic E-state index is 0.0486. The topological polar surface area (TPSA) is 98.8 Å². The summed E-state index contributed by atoms with van der Waals surface area (Å²) in [6, 6.07) is 1.29. The first-order valence-corrected chi connectivity index (χ1v) is 3.49. The van der Waals surface area contributed by atoms with Crippen LogP contribution in [0.5, 0.6) is 0 Å². The van der Waals surface area contributed by atoms with Crippen LogP contribution in [0.3, 0.4) is 0 Å². The Bertz CT molecular complexity index is 525. The molecule has 0 saturated heterocycles. The Morgan fingerprint density at radius 3 is 2.92 bits per heavy atom. The molecule has 0 aliphatic rings. The quantitative estimate of drug-likeness (QED) is 0.571. The van der Waals surface area contributed by atoms with Crippen LogP contribution < -0.4 is 5.56 Å². The number of rotatable bonds is 1. The van der Waals surface area contributed by atoms with Gasteiger partial charge in [-0.25, -0.2) is 9.78 Å². The monoisotopic (exact) mass is 179 g/mol. The third-order valence-corrected chi connectivity index (χ3v) is 1.70. The summed E-state index contributed by atoms with van der Waals surface area (Å²) in [5.74, 6) is -1.14. The van der Waals surface area contributed by atoms with E-state index in [4.69, 9.17) is 5.11 Å². The van der Waals surface area contributed by atoms with Gasteiger partial charge in [-0.05, 0) is 6.07 Å². The van der Waals surface area contributed by atoms with Crippen molar-refractivity contribution in [3.63, 3.8) is 0 Å². The van der Waals surface area contributed by atoms with Crippen LogP contribution in [0.2, 0.25) is 0 Å². The standard InChI is InChI=1S/C7H5N3O3/c11-6-4-3(7(12)13)1-2-8-5(4)9-10-6/h1-2H,(H,12,13)(H2,8,9,10,11). The number of hydrogen-bond donors (Lipinski definition) is 3. The lowest BCUT2D eigenvalue weighted by Gasteiger charge is -1.92. The van der Waals surface area contributed by atoms with Gasteiger partial charge in [0.2, 0.25) is 0 Å². The molecule has 0 aliphatic heterocycles. The lowest BCUT2D eigenvalue weighted by atomic mass is 10.2. The zero-order valence-corrected chi connectivity index (χ0v) is 6.37. The molecule has 0 saturated carbocycles. The second-order valence-corrected chi connectivity index (χ2v) is 2.47. The SMILES string of the molecule is O=C(O)c1ccnc2[nH][nH]c(=O)c12. The zero-order chi connectivity index (χ0) is 9.42. The maximum Gasteiger partial charge on any atom is 0.336 e. The van der Waals surface area contributed by atoms with Crippen molar-refractivity contribution in [3.8, 4) is 0 Å². The number of carboxylic acids is 1. The number of aromatic nitrogens is 3. The number of nitrogens with one attached hydrogen (secondary N) is 2. The lowest BCUT2D eigenvalue weighted by molar-refractivity contribution is 0.0699. The molecule has 2 heterocycles. The van der Waals surface area contributed by atoms with E-state index in [-0.39, 0.29) is 16.6 Å². The normalized spacial score (nSPS) is 10.5.